The van der Waals surface area contributed by atoms with E-state index in [4.69, 9.17) is 10.8 Å². The molecule has 0 aliphatic rings. The normalized spacial score (nSPS) is 12.4. The molecule has 0 aromatic carbocycles. The SMILES string of the molecule is N[C@@H](CCC[n+]1ccccc1)C(=O)O. The van der Waals surface area contributed by atoms with Crippen molar-refractivity contribution < 1.29 is 14.5 Å². The molecule has 1 rings (SSSR count). The second-order valence-electron chi connectivity index (χ2n) is 3.20. The highest BCUT2D eigenvalue weighted by Gasteiger charge is 2.11. The summed E-state index contributed by atoms with van der Waals surface area (Å²) >= 11 is 0. The first-order valence-electron chi connectivity index (χ1n) is 4.62. The number of hydrogen-bond donors (Lipinski definition) is 2. The van der Waals surface area contributed by atoms with E-state index in [0.717, 1.165) is 13.0 Å². The average Bonchev–Trinajstić information content (AvgIpc) is 2.19. The largest absolute Gasteiger partial charge is 0.480 e. The maximum Gasteiger partial charge on any atom is 0.320 e. The topological polar surface area (TPSA) is 67.2 Å². The number of nitrogens with zero attached hydrogens (tertiary/aromatic N) is 1. The van der Waals surface area contributed by atoms with Gasteiger partial charge in [-0.3, -0.25) is 4.79 Å². The molecule has 0 fully saturated rings. The quantitative estimate of drug-likeness (QED) is 0.658. The van der Waals surface area contributed by atoms with Crippen LogP contribution in [0.2, 0.25) is 0 Å². The number of carboxylic acids is 1. The van der Waals surface area contributed by atoms with Gasteiger partial charge in [-0.25, -0.2) is 4.57 Å². The number of rotatable bonds is 5. The molecule has 0 aliphatic carbocycles. The summed E-state index contributed by atoms with van der Waals surface area (Å²) in [5, 5.41) is 8.55. The molecule has 0 amide bonds. The van der Waals surface area contributed by atoms with Gasteiger partial charge in [0.1, 0.15) is 12.6 Å². The van der Waals surface area contributed by atoms with Crippen molar-refractivity contribution in [3.8, 4) is 0 Å². The summed E-state index contributed by atoms with van der Waals surface area (Å²) in [5.41, 5.74) is 5.37. The van der Waals surface area contributed by atoms with Crippen LogP contribution in [0.4, 0.5) is 0 Å². The number of nitrogens with two attached hydrogens (primary N) is 1. The van der Waals surface area contributed by atoms with Crippen LogP contribution in [0.3, 0.4) is 0 Å². The minimum atomic E-state index is -0.928. The van der Waals surface area contributed by atoms with Gasteiger partial charge in [0, 0.05) is 18.6 Å². The number of hydrogen-bond acceptors (Lipinski definition) is 2. The second-order valence-corrected chi connectivity index (χ2v) is 3.20. The van der Waals surface area contributed by atoms with E-state index in [-0.39, 0.29) is 0 Å². The fourth-order valence-corrected chi connectivity index (χ4v) is 1.20. The molecular weight excluding hydrogens is 180 g/mol. The Hall–Kier alpha value is -1.42. The zero-order valence-electron chi connectivity index (χ0n) is 7.97. The van der Waals surface area contributed by atoms with E-state index in [9.17, 15) is 4.79 Å². The van der Waals surface area contributed by atoms with E-state index < -0.39 is 12.0 Å². The molecule has 1 aromatic rings. The lowest BCUT2D eigenvalue weighted by atomic mass is 10.2. The molecule has 76 valence electrons. The number of aryl methyl sites for hydroxylation is 1. The van der Waals surface area contributed by atoms with Crippen molar-refractivity contribution in [1.82, 2.24) is 0 Å². The molecule has 0 spiro atoms. The van der Waals surface area contributed by atoms with Crippen molar-refractivity contribution in [2.24, 2.45) is 5.73 Å². The Morgan fingerprint density at radius 2 is 2.00 bits per heavy atom. The van der Waals surface area contributed by atoms with Crippen LogP contribution in [0, 0.1) is 0 Å². The van der Waals surface area contributed by atoms with E-state index in [1.54, 1.807) is 0 Å². The molecule has 1 atom stereocenters. The fraction of sp³-hybridized carbons (Fsp3) is 0.400. The molecule has 4 heteroatoms. The first-order valence-corrected chi connectivity index (χ1v) is 4.62. The van der Waals surface area contributed by atoms with Crippen molar-refractivity contribution in [3.63, 3.8) is 0 Å². The highest BCUT2D eigenvalue weighted by molar-refractivity contribution is 5.72. The molecule has 0 saturated heterocycles. The summed E-state index contributed by atoms with van der Waals surface area (Å²) < 4.78 is 2.01. The Morgan fingerprint density at radius 1 is 1.36 bits per heavy atom. The maximum atomic E-state index is 10.4. The Bertz CT molecular complexity index is 287. The third-order valence-corrected chi connectivity index (χ3v) is 2.03. The van der Waals surface area contributed by atoms with Gasteiger partial charge in [0.25, 0.3) is 0 Å². The summed E-state index contributed by atoms with van der Waals surface area (Å²) in [6, 6.07) is 5.09. The van der Waals surface area contributed by atoms with Gasteiger partial charge in [-0.1, -0.05) is 6.07 Å². The molecule has 0 saturated carbocycles. The van der Waals surface area contributed by atoms with Crippen LogP contribution in [0.25, 0.3) is 0 Å². The predicted octanol–water partition coefficient (Wildman–Crippen LogP) is 0.166. The lowest BCUT2D eigenvalue weighted by Crippen LogP contribution is -2.35. The molecule has 3 N–H and O–H groups in total. The van der Waals surface area contributed by atoms with Gasteiger partial charge < -0.3 is 10.8 Å². The predicted molar refractivity (Wildman–Crippen MR) is 51.5 cm³/mol. The van der Waals surface area contributed by atoms with Crippen LogP contribution in [0.1, 0.15) is 12.8 Å². The van der Waals surface area contributed by atoms with Crippen LogP contribution in [0.5, 0.6) is 0 Å². The maximum absolute atomic E-state index is 10.4. The summed E-state index contributed by atoms with van der Waals surface area (Å²) in [4.78, 5) is 10.4. The Balaban J connectivity index is 2.26. The zero-order chi connectivity index (χ0) is 10.4. The molecule has 0 unspecified atom stereocenters. The van der Waals surface area contributed by atoms with Crippen molar-refractivity contribution in [2.75, 3.05) is 0 Å². The number of aromatic nitrogens is 1. The van der Waals surface area contributed by atoms with Gasteiger partial charge in [-0.15, -0.1) is 0 Å². The third kappa shape index (κ3) is 3.53. The van der Waals surface area contributed by atoms with Gasteiger partial charge in [0.2, 0.25) is 0 Å². The van der Waals surface area contributed by atoms with E-state index in [1.807, 2.05) is 35.2 Å². The fourth-order valence-electron chi connectivity index (χ4n) is 1.20. The smallest absolute Gasteiger partial charge is 0.320 e. The van der Waals surface area contributed by atoms with E-state index in [1.165, 1.54) is 0 Å². The third-order valence-electron chi connectivity index (χ3n) is 2.03. The van der Waals surface area contributed by atoms with Gasteiger partial charge in [-0.05, 0) is 6.42 Å². The van der Waals surface area contributed by atoms with Crippen LogP contribution < -0.4 is 10.3 Å². The summed E-state index contributed by atoms with van der Waals surface area (Å²) in [6.45, 7) is 0.807. The molecular formula is C10H15N2O2+. The minimum absolute atomic E-state index is 0.511. The van der Waals surface area contributed by atoms with Crippen molar-refractivity contribution in [1.29, 1.82) is 0 Å². The lowest BCUT2D eigenvalue weighted by molar-refractivity contribution is -0.697. The average molecular weight is 195 g/mol. The standard InChI is InChI=1S/C10H14N2O2/c11-9(10(13)14)5-4-8-12-6-2-1-3-7-12/h1-3,6-7,9H,4-5,8,11H2/p+1/t9-/m0/s1. The van der Waals surface area contributed by atoms with Gasteiger partial charge in [0.15, 0.2) is 12.4 Å². The minimum Gasteiger partial charge on any atom is -0.480 e. The summed E-state index contributed by atoms with van der Waals surface area (Å²) in [7, 11) is 0. The molecule has 1 aromatic heterocycles. The molecule has 0 bridgehead atoms. The van der Waals surface area contributed by atoms with Crippen molar-refractivity contribution in [2.45, 2.75) is 25.4 Å². The van der Waals surface area contributed by atoms with E-state index in [0.29, 0.717) is 6.42 Å². The molecule has 4 nitrogen and oxygen atoms in total. The zero-order valence-corrected chi connectivity index (χ0v) is 7.97. The van der Waals surface area contributed by atoms with Crippen molar-refractivity contribution in [3.05, 3.63) is 30.6 Å². The first kappa shape index (κ1) is 10.7. The van der Waals surface area contributed by atoms with Gasteiger partial charge in [0.05, 0.1) is 0 Å². The second kappa shape index (κ2) is 5.34. The van der Waals surface area contributed by atoms with Crippen LogP contribution >= 0.6 is 0 Å². The van der Waals surface area contributed by atoms with E-state index >= 15 is 0 Å². The summed E-state index contributed by atoms with van der Waals surface area (Å²) in [6.07, 6.45) is 5.19. The van der Waals surface area contributed by atoms with Gasteiger partial charge >= 0.3 is 5.97 Å². The van der Waals surface area contributed by atoms with Crippen LogP contribution in [0.15, 0.2) is 30.6 Å². The number of carbonyl (C=O) groups is 1. The molecule has 14 heavy (non-hydrogen) atoms. The highest BCUT2D eigenvalue weighted by Crippen LogP contribution is 1.94. The van der Waals surface area contributed by atoms with Gasteiger partial charge in [-0.2, -0.15) is 0 Å². The van der Waals surface area contributed by atoms with Crippen molar-refractivity contribution >= 4 is 5.97 Å². The van der Waals surface area contributed by atoms with Crippen LogP contribution in [-0.4, -0.2) is 17.1 Å². The number of carboxylic acid groups (broad SMARTS) is 1. The molecule has 0 radical (unpaired) electrons. The highest BCUT2D eigenvalue weighted by atomic mass is 16.4. The summed E-state index contributed by atoms with van der Waals surface area (Å²) in [5.74, 6) is -0.928. The monoisotopic (exact) mass is 195 g/mol. The Labute approximate surface area is 83.0 Å². The lowest BCUT2D eigenvalue weighted by Gasteiger charge is -2.03. The van der Waals surface area contributed by atoms with Crippen LogP contribution in [-0.2, 0) is 11.3 Å². The molecule has 0 aliphatic heterocycles. The molecule has 1 heterocycles. The van der Waals surface area contributed by atoms with E-state index in [2.05, 4.69) is 0 Å². The number of pyridine rings is 1. The number of aliphatic carboxylic acids is 1. The Kier molecular flexibility index (Phi) is 4.07. The first-order chi connectivity index (χ1) is 6.70. The Morgan fingerprint density at radius 3 is 2.57 bits per heavy atom.